The van der Waals surface area contributed by atoms with Gasteiger partial charge in [0.2, 0.25) is 0 Å². The number of hydrogen-bond donors (Lipinski definition) is 1. The Morgan fingerprint density at radius 1 is 1.25 bits per heavy atom. The second kappa shape index (κ2) is 6.73. The molecule has 2 atom stereocenters. The van der Waals surface area contributed by atoms with Gasteiger partial charge in [-0.25, -0.2) is 0 Å². The van der Waals surface area contributed by atoms with Gasteiger partial charge in [-0.05, 0) is 63.6 Å². The van der Waals surface area contributed by atoms with Gasteiger partial charge in [-0.15, -0.1) is 0 Å². The largest absolute Gasteiger partial charge is 0.376 e. The lowest BCUT2D eigenvalue weighted by molar-refractivity contribution is -0.0105. The normalized spacial score (nSPS) is 22.0. The Morgan fingerprint density at radius 2 is 2.00 bits per heavy atom. The van der Waals surface area contributed by atoms with E-state index >= 15 is 0 Å². The van der Waals surface area contributed by atoms with Crippen LogP contribution in [0.5, 0.6) is 0 Å². The molecule has 0 amide bonds. The Labute approximate surface area is 123 Å². The third kappa shape index (κ3) is 4.07. The summed E-state index contributed by atoms with van der Waals surface area (Å²) in [5.74, 6) is 0.668. The summed E-state index contributed by atoms with van der Waals surface area (Å²) in [5, 5.41) is 3.73. The van der Waals surface area contributed by atoms with Crippen LogP contribution in [0.4, 0.5) is 0 Å². The zero-order valence-electron chi connectivity index (χ0n) is 13.4. The minimum absolute atomic E-state index is 0.0300. The van der Waals surface area contributed by atoms with E-state index in [0.717, 1.165) is 19.6 Å². The molecule has 0 saturated heterocycles. The van der Waals surface area contributed by atoms with Crippen LogP contribution < -0.4 is 5.32 Å². The molecule has 0 heterocycles. The number of benzene rings is 1. The Morgan fingerprint density at radius 3 is 2.70 bits per heavy atom. The summed E-state index contributed by atoms with van der Waals surface area (Å²) >= 11 is 0. The van der Waals surface area contributed by atoms with Crippen LogP contribution in [0.3, 0.4) is 0 Å². The Kier molecular flexibility index (Phi) is 5.22. The van der Waals surface area contributed by atoms with Crippen molar-refractivity contribution in [2.45, 2.75) is 58.6 Å². The lowest BCUT2D eigenvalue weighted by Crippen LogP contribution is -2.28. The van der Waals surface area contributed by atoms with E-state index in [0.29, 0.717) is 12.0 Å². The molecule has 0 radical (unpaired) electrons. The first-order chi connectivity index (χ1) is 9.51. The number of fused-ring (bicyclic) bond motifs is 1. The molecular formula is C18H29NO. The minimum Gasteiger partial charge on any atom is -0.376 e. The Balaban J connectivity index is 1.98. The van der Waals surface area contributed by atoms with Gasteiger partial charge >= 0.3 is 0 Å². The third-order valence-electron chi connectivity index (χ3n) is 3.98. The smallest absolute Gasteiger partial charge is 0.0598 e. The maximum atomic E-state index is 5.92. The van der Waals surface area contributed by atoms with Gasteiger partial charge in [0.1, 0.15) is 0 Å². The number of hydrogen-bond acceptors (Lipinski definition) is 2. The average Bonchev–Trinajstić information content (AvgIpc) is 2.72. The van der Waals surface area contributed by atoms with Crippen molar-refractivity contribution in [1.29, 1.82) is 0 Å². The van der Waals surface area contributed by atoms with Crippen LogP contribution in [-0.4, -0.2) is 18.8 Å². The molecule has 1 aliphatic rings. The molecule has 0 aromatic heterocycles. The molecule has 1 aromatic carbocycles. The number of rotatable bonds is 6. The van der Waals surface area contributed by atoms with Crippen molar-refractivity contribution in [3.8, 4) is 0 Å². The summed E-state index contributed by atoms with van der Waals surface area (Å²) in [5.41, 5.74) is 2.99. The summed E-state index contributed by atoms with van der Waals surface area (Å²) in [7, 11) is 0. The van der Waals surface area contributed by atoms with Crippen LogP contribution >= 0.6 is 0 Å². The lowest BCUT2D eigenvalue weighted by atomic mass is 9.97. The highest BCUT2D eigenvalue weighted by atomic mass is 16.5. The average molecular weight is 275 g/mol. The van der Waals surface area contributed by atoms with Crippen LogP contribution in [0, 0.1) is 5.92 Å². The fraction of sp³-hybridized carbons (Fsp3) is 0.667. The third-order valence-corrected chi connectivity index (χ3v) is 3.98. The first kappa shape index (κ1) is 15.5. The summed E-state index contributed by atoms with van der Waals surface area (Å²) in [6.45, 7) is 10.6. The molecule has 0 aliphatic heterocycles. The van der Waals surface area contributed by atoms with Crippen molar-refractivity contribution in [1.82, 2.24) is 5.32 Å². The Bertz CT molecular complexity index is 422. The quantitative estimate of drug-likeness (QED) is 0.843. The summed E-state index contributed by atoms with van der Waals surface area (Å²) < 4.78 is 5.92. The summed E-state index contributed by atoms with van der Waals surface area (Å²) in [4.78, 5) is 0. The van der Waals surface area contributed by atoms with E-state index in [1.54, 1.807) is 0 Å². The van der Waals surface area contributed by atoms with Gasteiger partial charge in [0.25, 0.3) is 0 Å². The van der Waals surface area contributed by atoms with Crippen molar-refractivity contribution >= 4 is 0 Å². The van der Waals surface area contributed by atoms with Gasteiger partial charge in [0.05, 0.1) is 5.60 Å². The highest BCUT2D eigenvalue weighted by Crippen LogP contribution is 2.38. The van der Waals surface area contributed by atoms with Crippen molar-refractivity contribution in [3.63, 3.8) is 0 Å². The molecule has 0 fully saturated rings. The highest BCUT2D eigenvalue weighted by molar-refractivity contribution is 5.35. The molecular weight excluding hydrogens is 246 g/mol. The fourth-order valence-corrected chi connectivity index (χ4v) is 3.04. The molecule has 1 N–H and O–H groups in total. The SMILES string of the molecule is CCCNC1c2ccccc2CC1CCOC(C)(C)C. The van der Waals surface area contributed by atoms with E-state index in [-0.39, 0.29) is 5.60 Å². The predicted octanol–water partition coefficient (Wildman–Crippen LogP) is 4.10. The molecule has 2 rings (SSSR count). The molecule has 2 nitrogen and oxygen atoms in total. The monoisotopic (exact) mass is 275 g/mol. The number of nitrogens with one attached hydrogen (secondary N) is 1. The van der Waals surface area contributed by atoms with Crippen LogP contribution in [0.25, 0.3) is 0 Å². The van der Waals surface area contributed by atoms with Crippen molar-refractivity contribution in [2.75, 3.05) is 13.2 Å². The molecule has 1 aromatic rings. The van der Waals surface area contributed by atoms with Gasteiger partial charge in [0.15, 0.2) is 0 Å². The zero-order chi connectivity index (χ0) is 14.6. The fourth-order valence-electron chi connectivity index (χ4n) is 3.04. The van der Waals surface area contributed by atoms with Gasteiger partial charge in [-0.3, -0.25) is 0 Å². The van der Waals surface area contributed by atoms with E-state index in [1.165, 1.54) is 24.0 Å². The van der Waals surface area contributed by atoms with E-state index in [4.69, 9.17) is 4.74 Å². The van der Waals surface area contributed by atoms with Crippen molar-refractivity contribution in [3.05, 3.63) is 35.4 Å². The molecule has 1 aliphatic carbocycles. The molecule has 2 heteroatoms. The number of ether oxygens (including phenoxy) is 1. The van der Waals surface area contributed by atoms with E-state index in [9.17, 15) is 0 Å². The zero-order valence-corrected chi connectivity index (χ0v) is 13.4. The maximum Gasteiger partial charge on any atom is 0.0598 e. The van der Waals surface area contributed by atoms with Crippen molar-refractivity contribution < 1.29 is 4.74 Å². The second-order valence-electron chi connectivity index (χ2n) is 6.84. The lowest BCUT2D eigenvalue weighted by Gasteiger charge is -2.25. The molecule has 20 heavy (non-hydrogen) atoms. The highest BCUT2D eigenvalue weighted by Gasteiger charge is 2.31. The van der Waals surface area contributed by atoms with Crippen LogP contribution in [0.2, 0.25) is 0 Å². The van der Waals surface area contributed by atoms with Crippen molar-refractivity contribution in [2.24, 2.45) is 5.92 Å². The molecule has 112 valence electrons. The first-order valence-electron chi connectivity index (χ1n) is 7.96. The summed E-state index contributed by atoms with van der Waals surface area (Å²) in [6.07, 6.45) is 3.50. The van der Waals surface area contributed by atoms with Crippen LogP contribution in [0.15, 0.2) is 24.3 Å². The van der Waals surface area contributed by atoms with Gasteiger partial charge in [-0.2, -0.15) is 0 Å². The molecule has 2 unspecified atom stereocenters. The second-order valence-corrected chi connectivity index (χ2v) is 6.84. The Hall–Kier alpha value is -0.860. The van der Waals surface area contributed by atoms with Gasteiger partial charge in [0, 0.05) is 12.6 Å². The first-order valence-corrected chi connectivity index (χ1v) is 7.96. The van der Waals surface area contributed by atoms with Crippen LogP contribution in [0.1, 0.15) is 57.7 Å². The summed E-state index contributed by atoms with van der Waals surface area (Å²) in [6, 6.07) is 9.39. The topological polar surface area (TPSA) is 21.3 Å². The molecule has 0 saturated carbocycles. The van der Waals surface area contributed by atoms with Gasteiger partial charge in [-0.1, -0.05) is 31.2 Å². The van der Waals surface area contributed by atoms with E-state index < -0.39 is 0 Å². The van der Waals surface area contributed by atoms with Gasteiger partial charge < -0.3 is 10.1 Å². The minimum atomic E-state index is -0.0300. The maximum absolute atomic E-state index is 5.92. The standard InChI is InChI=1S/C18H29NO/c1-5-11-19-17-15(10-12-20-18(2,3)4)13-14-8-6-7-9-16(14)17/h6-9,15,17,19H,5,10-13H2,1-4H3. The van der Waals surface area contributed by atoms with E-state index in [2.05, 4.69) is 57.3 Å². The van der Waals surface area contributed by atoms with E-state index in [1.807, 2.05) is 0 Å². The molecule has 0 bridgehead atoms. The predicted molar refractivity (Wildman–Crippen MR) is 85.0 cm³/mol. The van der Waals surface area contributed by atoms with Crippen LogP contribution in [-0.2, 0) is 11.2 Å². The molecule has 0 spiro atoms.